The van der Waals surface area contributed by atoms with Gasteiger partial charge in [-0.15, -0.1) is 5.10 Å². The maximum Gasteiger partial charge on any atom is 0.223 e. The van der Waals surface area contributed by atoms with Gasteiger partial charge in [-0.3, -0.25) is 4.68 Å². The van der Waals surface area contributed by atoms with Crippen molar-refractivity contribution in [3.63, 3.8) is 0 Å². The van der Waals surface area contributed by atoms with Crippen LogP contribution in [0.2, 0.25) is 0 Å². The number of anilines is 2. The number of hydrogen-bond acceptors (Lipinski definition) is 6. The Hall–Kier alpha value is -3.30. The third-order valence-electron chi connectivity index (χ3n) is 5.18. The number of benzene rings is 1. The average Bonchev–Trinajstić information content (AvgIpc) is 3.30. The molecule has 4 heterocycles. The van der Waals surface area contributed by atoms with Gasteiger partial charge in [0, 0.05) is 38.3 Å². The lowest BCUT2D eigenvalue weighted by Gasteiger charge is -2.32. The highest BCUT2D eigenvalue weighted by molar-refractivity contribution is 5.92. The molecule has 144 valence electrons. The predicted octanol–water partition coefficient (Wildman–Crippen LogP) is 2.26. The number of hydrogen-bond donors (Lipinski definition) is 1. The smallest absolute Gasteiger partial charge is 0.223 e. The minimum Gasteiger partial charge on any atom is -0.368 e. The fraction of sp³-hybridized carbons (Fsp3) is 0.333. The molecule has 0 aliphatic carbocycles. The van der Waals surface area contributed by atoms with Gasteiger partial charge in [-0.25, -0.2) is 18.7 Å². The van der Waals surface area contributed by atoms with Crippen LogP contribution in [0.15, 0.2) is 24.5 Å². The fourth-order valence-corrected chi connectivity index (χ4v) is 3.84. The molecular formula is C18H18F2N8. The maximum atomic E-state index is 14.1. The molecule has 0 saturated carbocycles. The quantitative estimate of drug-likeness (QED) is 0.570. The number of piperidine rings is 1. The number of aromatic nitrogens is 6. The van der Waals surface area contributed by atoms with Crippen LogP contribution in [0.4, 0.5) is 20.4 Å². The molecule has 28 heavy (non-hydrogen) atoms. The molecule has 1 aromatic carbocycles. The van der Waals surface area contributed by atoms with Crippen molar-refractivity contribution in [3.05, 3.63) is 42.0 Å². The van der Waals surface area contributed by atoms with Crippen LogP contribution in [0, 0.1) is 11.6 Å². The van der Waals surface area contributed by atoms with Crippen molar-refractivity contribution in [3.8, 4) is 0 Å². The van der Waals surface area contributed by atoms with Crippen molar-refractivity contribution < 1.29 is 8.78 Å². The molecule has 0 bridgehead atoms. The van der Waals surface area contributed by atoms with E-state index in [-0.39, 0.29) is 22.8 Å². The van der Waals surface area contributed by atoms with Crippen LogP contribution in [0.25, 0.3) is 16.6 Å². The van der Waals surface area contributed by atoms with Gasteiger partial charge in [0.15, 0.2) is 17.3 Å². The summed E-state index contributed by atoms with van der Waals surface area (Å²) < 4.78 is 31.0. The third kappa shape index (κ3) is 2.63. The first-order chi connectivity index (χ1) is 13.5. The number of fused-ring (bicyclic) bond motifs is 3. The molecule has 1 aliphatic rings. The van der Waals surface area contributed by atoms with Crippen molar-refractivity contribution in [2.75, 3.05) is 23.7 Å². The summed E-state index contributed by atoms with van der Waals surface area (Å²) in [6.45, 7) is 1.66. The van der Waals surface area contributed by atoms with E-state index < -0.39 is 11.6 Å². The molecule has 1 fully saturated rings. The Morgan fingerprint density at radius 2 is 2.07 bits per heavy atom. The monoisotopic (exact) mass is 384 g/mol. The highest BCUT2D eigenvalue weighted by atomic mass is 19.1. The summed E-state index contributed by atoms with van der Waals surface area (Å²) >= 11 is 0. The normalized spacial score (nSPS) is 17.7. The number of nitrogens with two attached hydrogens (primary N) is 1. The van der Waals surface area contributed by atoms with Crippen LogP contribution in [0.5, 0.6) is 0 Å². The van der Waals surface area contributed by atoms with E-state index in [9.17, 15) is 8.78 Å². The van der Waals surface area contributed by atoms with E-state index in [1.165, 1.54) is 10.6 Å². The average molecular weight is 384 g/mol. The second-order valence-corrected chi connectivity index (χ2v) is 7.12. The second-order valence-electron chi connectivity index (χ2n) is 7.12. The lowest BCUT2D eigenvalue weighted by Crippen LogP contribution is -2.34. The van der Waals surface area contributed by atoms with Crippen LogP contribution in [-0.4, -0.2) is 42.5 Å². The Kier molecular flexibility index (Phi) is 3.68. The standard InChI is InChI=1S/C18H18F2N8/c1-26-9-12(7-22-26)27-4-2-3-10(8-27)16-24-17-13-5-11(19)6-14(20)15(13)23-18(21)28(17)25-16/h5-7,9-10H,2-4,8H2,1H3,(H2,21,23)/t10-/m0/s1. The molecule has 5 rings (SSSR count). The van der Waals surface area contributed by atoms with Crippen molar-refractivity contribution >= 4 is 28.2 Å². The van der Waals surface area contributed by atoms with Gasteiger partial charge in [0.2, 0.25) is 5.95 Å². The highest BCUT2D eigenvalue weighted by Crippen LogP contribution is 2.30. The summed E-state index contributed by atoms with van der Waals surface area (Å²) in [5, 5.41) is 8.99. The third-order valence-corrected chi connectivity index (χ3v) is 5.18. The first-order valence-corrected chi connectivity index (χ1v) is 9.04. The van der Waals surface area contributed by atoms with Gasteiger partial charge in [-0.05, 0) is 18.9 Å². The molecule has 0 spiro atoms. The molecule has 8 nitrogen and oxygen atoms in total. The van der Waals surface area contributed by atoms with Gasteiger partial charge in [0.05, 0.1) is 17.3 Å². The second kappa shape index (κ2) is 6.11. The summed E-state index contributed by atoms with van der Waals surface area (Å²) in [6, 6.07) is 2.00. The van der Waals surface area contributed by atoms with Gasteiger partial charge in [-0.1, -0.05) is 0 Å². The number of nitrogen functional groups attached to an aromatic ring is 1. The minimum atomic E-state index is -0.769. The molecule has 2 N–H and O–H groups in total. The van der Waals surface area contributed by atoms with E-state index in [4.69, 9.17) is 5.73 Å². The number of aryl methyl sites for hydroxylation is 1. The molecule has 1 saturated heterocycles. The summed E-state index contributed by atoms with van der Waals surface area (Å²) in [7, 11) is 1.88. The van der Waals surface area contributed by atoms with Gasteiger partial charge in [0.1, 0.15) is 11.3 Å². The van der Waals surface area contributed by atoms with E-state index in [0.29, 0.717) is 11.5 Å². The summed E-state index contributed by atoms with van der Waals surface area (Å²) in [4.78, 5) is 10.9. The molecule has 0 unspecified atom stereocenters. The lowest BCUT2D eigenvalue weighted by molar-refractivity contribution is 0.491. The van der Waals surface area contributed by atoms with Gasteiger partial charge in [-0.2, -0.15) is 9.61 Å². The maximum absolute atomic E-state index is 14.1. The lowest BCUT2D eigenvalue weighted by atomic mass is 9.97. The fourth-order valence-electron chi connectivity index (χ4n) is 3.84. The van der Waals surface area contributed by atoms with E-state index in [1.54, 1.807) is 4.68 Å². The number of nitrogens with zero attached hydrogens (tertiary/aromatic N) is 7. The van der Waals surface area contributed by atoms with Crippen molar-refractivity contribution in [1.82, 2.24) is 29.4 Å². The van der Waals surface area contributed by atoms with E-state index in [2.05, 4.69) is 25.1 Å². The Morgan fingerprint density at radius 1 is 1.21 bits per heavy atom. The Labute approximate surface area is 158 Å². The topological polar surface area (TPSA) is 90.2 Å². The predicted molar refractivity (Wildman–Crippen MR) is 100 cm³/mol. The zero-order valence-electron chi connectivity index (χ0n) is 15.2. The number of rotatable bonds is 2. The zero-order chi connectivity index (χ0) is 19.4. The van der Waals surface area contributed by atoms with E-state index in [1.807, 2.05) is 19.4 Å². The van der Waals surface area contributed by atoms with E-state index >= 15 is 0 Å². The summed E-state index contributed by atoms with van der Waals surface area (Å²) in [5.74, 6) is -0.773. The minimum absolute atomic E-state index is 0.00835. The molecule has 0 radical (unpaired) electrons. The molecule has 10 heteroatoms. The molecule has 1 aliphatic heterocycles. The van der Waals surface area contributed by atoms with Gasteiger partial charge >= 0.3 is 0 Å². The van der Waals surface area contributed by atoms with Crippen LogP contribution in [0.1, 0.15) is 24.6 Å². The van der Waals surface area contributed by atoms with Crippen molar-refractivity contribution in [1.29, 1.82) is 0 Å². The first kappa shape index (κ1) is 16.8. The molecule has 1 atom stereocenters. The SMILES string of the molecule is Cn1cc(N2CCC[C@H](c3nc4c5cc(F)cc(F)c5nc(N)n4n3)C2)cn1. The van der Waals surface area contributed by atoms with Crippen LogP contribution in [0.3, 0.4) is 0 Å². The highest BCUT2D eigenvalue weighted by Gasteiger charge is 2.27. The molecular weight excluding hydrogens is 366 g/mol. The largest absolute Gasteiger partial charge is 0.368 e. The van der Waals surface area contributed by atoms with Gasteiger partial charge in [0.25, 0.3) is 0 Å². The van der Waals surface area contributed by atoms with Crippen molar-refractivity contribution in [2.24, 2.45) is 7.05 Å². The Balaban J connectivity index is 1.57. The van der Waals surface area contributed by atoms with Crippen molar-refractivity contribution in [2.45, 2.75) is 18.8 Å². The Morgan fingerprint density at radius 3 is 2.86 bits per heavy atom. The van der Waals surface area contributed by atoms with E-state index in [0.717, 1.165) is 37.7 Å². The van der Waals surface area contributed by atoms with Crippen LogP contribution < -0.4 is 10.6 Å². The molecule has 4 aromatic rings. The summed E-state index contributed by atoms with van der Waals surface area (Å²) in [6.07, 6.45) is 5.70. The van der Waals surface area contributed by atoms with Crippen LogP contribution >= 0.6 is 0 Å². The summed E-state index contributed by atoms with van der Waals surface area (Å²) in [5.41, 5.74) is 7.31. The zero-order valence-corrected chi connectivity index (χ0v) is 15.2. The molecule has 0 amide bonds. The first-order valence-electron chi connectivity index (χ1n) is 9.04. The Bertz CT molecular complexity index is 1200. The van der Waals surface area contributed by atoms with Crippen LogP contribution in [-0.2, 0) is 7.05 Å². The molecule has 3 aromatic heterocycles. The number of halogens is 2. The van der Waals surface area contributed by atoms with Gasteiger partial charge < -0.3 is 10.6 Å².